The minimum absolute atomic E-state index is 0.0895. The van der Waals surface area contributed by atoms with Gasteiger partial charge in [-0.05, 0) is 29.7 Å². The maximum Gasteiger partial charge on any atom is 0.223 e. The molecule has 0 spiro atoms. The molecule has 1 amide bonds. The highest BCUT2D eigenvalue weighted by Gasteiger charge is 2.26. The molecule has 144 valence electrons. The molecule has 1 unspecified atom stereocenters. The smallest absolute Gasteiger partial charge is 0.223 e. The molecule has 1 saturated heterocycles. The van der Waals surface area contributed by atoms with Gasteiger partial charge in [0.25, 0.3) is 0 Å². The Bertz CT molecular complexity index is 825. The first-order valence-corrected chi connectivity index (χ1v) is 10.9. The minimum Gasteiger partial charge on any atom is -0.468 e. The van der Waals surface area contributed by atoms with E-state index in [0.717, 1.165) is 31.0 Å². The molecule has 4 rings (SSSR count). The monoisotopic (exact) mass is 391 g/mol. The van der Waals surface area contributed by atoms with Crippen molar-refractivity contribution in [2.45, 2.75) is 24.0 Å². The Morgan fingerprint density at radius 2 is 1.64 bits per heavy atom. The topological polar surface area (TPSA) is 33.5 Å². The Balaban J connectivity index is 1.47. The lowest BCUT2D eigenvalue weighted by Gasteiger charge is -2.24. The van der Waals surface area contributed by atoms with Crippen LogP contribution >= 0.6 is 11.8 Å². The van der Waals surface area contributed by atoms with E-state index < -0.39 is 0 Å². The highest BCUT2D eigenvalue weighted by Crippen LogP contribution is 2.35. The molecule has 3 nitrogen and oxygen atoms in total. The van der Waals surface area contributed by atoms with Crippen molar-refractivity contribution in [3.05, 3.63) is 95.9 Å². The van der Waals surface area contributed by atoms with Crippen LogP contribution in [0.1, 0.15) is 40.9 Å². The Kier molecular flexibility index (Phi) is 6.17. The summed E-state index contributed by atoms with van der Waals surface area (Å²) in [5.41, 5.74) is 2.39. The second-order valence-corrected chi connectivity index (χ2v) is 8.43. The summed E-state index contributed by atoms with van der Waals surface area (Å²) in [6.07, 6.45) is 3.17. The van der Waals surface area contributed by atoms with Gasteiger partial charge in [0, 0.05) is 31.2 Å². The fraction of sp³-hybridized carbons (Fsp3) is 0.292. The number of benzene rings is 2. The number of nitrogens with zero attached hydrogens (tertiary/aromatic N) is 1. The standard InChI is InChI=1S/C24H25NO2S/c26-24(25-14-13-23(28-17-15-25)22-12-7-16-27-22)18-21(19-8-3-1-4-9-19)20-10-5-2-6-11-20/h1-12,16,21,23H,13-15,17-18H2. The van der Waals surface area contributed by atoms with E-state index in [2.05, 4.69) is 24.3 Å². The number of hydrogen-bond donors (Lipinski definition) is 0. The van der Waals surface area contributed by atoms with Crippen molar-refractivity contribution in [3.63, 3.8) is 0 Å². The highest BCUT2D eigenvalue weighted by molar-refractivity contribution is 7.99. The minimum atomic E-state index is 0.0895. The second kappa shape index (κ2) is 9.16. The Morgan fingerprint density at radius 1 is 0.964 bits per heavy atom. The summed E-state index contributed by atoms with van der Waals surface area (Å²) in [7, 11) is 0. The van der Waals surface area contributed by atoms with Gasteiger partial charge in [-0.1, -0.05) is 60.7 Å². The third-order valence-corrected chi connectivity index (χ3v) is 6.63. The Hall–Kier alpha value is -2.46. The van der Waals surface area contributed by atoms with Crippen LogP contribution in [-0.4, -0.2) is 29.6 Å². The molecule has 1 aromatic heterocycles. The fourth-order valence-corrected chi connectivity index (χ4v) is 5.00. The van der Waals surface area contributed by atoms with E-state index in [1.807, 2.05) is 65.2 Å². The molecule has 0 radical (unpaired) electrons. The number of thioether (sulfide) groups is 1. The molecule has 0 aliphatic carbocycles. The predicted octanol–water partition coefficient (Wildman–Crippen LogP) is 5.51. The molecule has 0 N–H and O–H groups in total. The quantitative estimate of drug-likeness (QED) is 0.575. The second-order valence-electron chi connectivity index (χ2n) is 7.12. The van der Waals surface area contributed by atoms with Gasteiger partial charge in [-0.15, -0.1) is 11.8 Å². The summed E-state index contributed by atoms with van der Waals surface area (Å²) >= 11 is 1.89. The summed E-state index contributed by atoms with van der Waals surface area (Å²) in [4.78, 5) is 15.2. The van der Waals surface area contributed by atoms with E-state index >= 15 is 0 Å². The lowest BCUT2D eigenvalue weighted by atomic mass is 9.88. The van der Waals surface area contributed by atoms with Crippen LogP contribution in [0.4, 0.5) is 0 Å². The van der Waals surface area contributed by atoms with Gasteiger partial charge in [0.2, 0.25) is 5.91 Å². The molecule has 1 atom stereocenters. The maximum absolute atomic E-state index is 13.2. The van der Waals surface area contributed by atoms with Gasteiger partial charge in [-0.2, -0.15) is 0 Å². The Morgan fingerprint density at radius 3 is 2.25 bits per heavy atom. The van der Waals surface area contributed by atoms with E-state index in [-0.39, 0.29) is 11.8 Å². The normalized spacial score (nSPS) is 17.5. The van der Waals surface area contributed by atoms with Crippen LogP contribution in [-0.2, 0) is 4.79 Å². The van der Waals surface area contributed by atoms with E-state index in [9.17, 15) is 4.79 Å². The van der Waals surface area contributed by atoms with Gasteiger partial charge < -0.3 is 9.32 Å². The van der Waals surface area contributed by atoms with Crippen molar-refractivity contribution in [1.29, 1.82) is 0 Å². The molecule has 2 aromatic carbocycles. The first kappa shape index (κ1) is 18.9. The molecular formula is C24H25NO2S. The van der Waals surface area contributed by atoms with Gasteiger partial charge in [-0.25, -0.2) is 0 Å². The van der Waals surface area contributed by atoms with Crippen LogP contribution in [0.5, 0.6) is 0 Å². The molecule has 1 aliphatic heterocycles. The average Bonchev–Trinajstić information content (AvgIpc) is 3.17. The zero-order valence-electron chi connectivity index (χ0n) is 15.9. The number of amides is 1. The van der Waals surface area contributed by atoms with E-state index in [4.69, 9.17) is 4.42 Å². The fourth-order valence-electron chi connectivity index (χ4n) is 3.82. The van der Waals surface area contributed by atoms with Crippen molar-refractivity contribution in [2.24, 2.45) is 0 Å². The third kappa shape index (κ3) is 4.50. The summed E-state index contributed by atoms with van der Waals surface area (Å²) in [6.45, 7) is 1.59. The Labute approximate surface area is 170 Å². The third-order valence-electron chi connectivity index (χ3n) is 5.34. The van der Waals surface area contributed by atoms with E-state index in [1.165, 1.54) is 11.1 Å². The van der Waals surface area contributed by atoms with Crippen LogP contribution in [0.2, 0.25) is 0 Å². The predicted molar refractivity (Wildman–Crippen MR) is 114 cm³/mol. The molecule has 2 heterocycles. The lowest BCUT2D eigenvalue weighted by Crippen LogP contribution is -2.34. The lowest BCUT2D eigenvalue weighted by molar-refractivity contribution is -0.131. The zero-order valence-corrected chi connectivity index (χ0v) is 16.7. The van der Waals surface area contributed by atoms with Crippen LogP contribution in [0.25, 0.3) is 0 Å². The first-order valence-electron chi connectivity index (χ1n) is 9.84. The first-order chi connectivity index (χ1) is 13.8. The van der Waals surface area contributed by atoms with Gasteiger partial charge in [0.1, 0.15) is 5.76 Å². The number of carbonyl (C=O) groups excluding carboxylic acids is 1. The molecule has 1 aliphatic rings. The molecule has 0 saturated carbocycles. The maximum atomic E-state index is 13.2. The molecular weight excluding hydrogens is 366 g/mol. The molecule has 4 heteroatoms. The zero-order chi connectivity index (χ0) is 19.2. The summed E-state index contributed by atoms with van der Waals surface area (Å²) in [6, 6.07) is 24.7. The molecule has 3 aromatic rings. The SMILES string of the molecule is O=C(CC(c1ccccc1)c1ccccc1)N1CCSC(c2ccco2)CC1. The van der Waals surface area contributed by atoms with Gasteiger partial charge >= 0.3 is 0 Å². The van der Waals surface area contributed by atoms with Crippen LogP contribution in [0.15, 0.2) is 83.5 Å². The number of hydrogen-bond acceptors (Lipinski definition) is 3. The van der Waals surface area contributed by atoms with E-state index in [1.54, 1.807) is 6.26 Å². The molecule has 0 bridgehead atoms. The number of carbonyl (C=O) groups is 1. The average molecular weight is 392 g/mol. The van der Waals surface area contributed by atoms with Crippen LogP contribution < -0.4 is 0 Å². The number of furan rings is 1. The van der Waals surface area contributed by atoms with Gasteiger partial charge in [0.15, 0.2) is 0 Å². The molecule has 1 fully saturated rings. The van der Waals surface area contributed by atoms with Crippen molar-refractivity contribution >= 4 is 17.7 Å². The van der Waals surface area contributed by atoms with Crippen LogP contribution in [0, 0.1) is 0 Å². The van der Waals surface area contributed by atoms with Crippen molar-refractivity contribution in [3.8, 4) is 0 Å². The summed E-state index contributed by atoms with van der Waals surface area (Å²) < 4.78 is 5.58. The van der Waals surface area contributed by atoms with Gasteiger partial charge in [0.05, 0.1) is 11.5 Å². The summed E-state index contributed by atoms with van der Waals surface area (Å²) in [5, 5.41) is 0.340. The van der Waals surface area contributed by atoms with Crippen LogP contribution in [0.3, 0.4) is 0 Å². The van der Waals surface area contributed by atoms with Crippen molar-refractivity contribution < 1.29 is 9.21 Å². The highest BCUT2D eigenvalue weighted by atomic mass is 32.2. The largest absolute Gasteiger partial charge is 0.468 e. The molecule has 28 heavy (non-hydrogen) atoms. The van der Waals surface area contributed by atoms with Crippen molar-refractivity contribution in [1.82, 2.24) is 4.90 Å². The summed E-state index contributed by atoms with van der Waals surface area (Å²) in [5.74, 6) is 2.29. The number of rotatable bonds is 5. The van der Waals surface area contributed by atoms with Crippen molar-refractivity contribution in [2.75, 3.05) is 18.8 Å². The van der Waals surface area contributed by atoms with Gasteiger partial charge in [-0.3, -0.25) is 4.79 Å². The van der Waals surface area contributed by atoms with E-state index in [0.29, 0.717) is 11.7 Å².